The predicted octanol–water partition coefficient (Wildman–Crippen LogP) is 3.17. The SMILES string of the molecule is Oc1ccccc1CC1(F)CCCSC1. The third-order valence-electron chi connectivity index (χ3n) is 2.77. The molecule has 1 unspecified atom stereocenters. The highest BCUT2D eigenvalue weighted by Crippen LogP contribution is 2.34. The molecule has 1 nitrogen and oxygen atoms in total. The molecule has 1 N–H and O–H groups in total. The summed E-state index contributed by atoms with van der Waals surface area (Å²) in [6.07, 6.45) is 1.90. The fourth-order valence-electron chi connectivity index (χ4n) is 1.96. The number of rotatable bonds is 2. The van der Waals surface area contributed by atoms with Crippen LogP contribution < -0.4 is 0 Å². The number of hydrogen-bond acceptors (Lipinski definition) is 2. The number of benzene rings is 1. The van der Waals surface area contributed by atoms with Crippen LogP contribution in [0.1, 0.15) is 18.4 Å². The Morgan fingerprint density at radius 3 is 2.87 bits per heavy atom. The molecule has 1 aliphatic rings. The second-order valence-corrected chi connectivity index (χ2v) is 5.22. The Morgan fingerprint density at radius 2 is 2.20 bits per heavy atom. The van der Waals surface area contributed by atoms with E-state index in [1.165, 1.54) is 0 Å². The zero-order valence-corrected chi connectivity index (χ0v) is 9.39. The normalized spacial score (nSPS) is 26.5. The molecule has 82 valence electrons. The fourth-order valence-corrected chi connectivity index (χ4v) is 3.06. The second-order valence-electron chi connectivity index (χ2n) is 4.11. The van der Waals surface area contributed by atoms with Crippen molar-refractivity contribution in [2.24, 2.45) is 0 Å². The number of para-hydroxylation sites is 1. The Bertz CT molecular complexity index is 334. The van der Waals surface area contributed by atoms with E-state index in [0.29, 0.717) is 18.6 Å². The third-order valence-corrected chi connectivity index (χ3v) is 4.07. The molecule has 1 heterocycles. The number of halogens is 1. The van der Waals surface area contributed by atoms with E-state index in [0.717, 1.165) is 17.7 Å². The summed E-state index contributed by atoms with van der Waals surface area (Å²) in [5.74, 6) is 1.83. The summed E-state index contributed by atoms with van der Waals surface area (Å²) < 4.78 is 14.3. The van der Waals surface area contributed by atoms with Crippen molar-refractivity contribution in [1.29, 1.82) is 0 Å². The van der Waals surface area contributed by atoms with Crippen molar-refractivity contribution >= 4 is 11.8 Å². The number of hydrogen-bond donors (Lipinski definition) is 1. The average molecular weight is 226 g/mol. The second kappa shape index (κ2) is 4.44. The summed E-state index contributed by atoms with van der Waals surface area (Å²) >= 11 is 1.67. The van der Waals surface area contributed by atoms with Crippen LogP contribution in [-0.2, 0) is 6.42 Å². The number of alkyl halides is 1. The van der Waals surface area contributed by atoms with Gasteiger partial charge in [-0.2, -0.15) is 11.8 Å². The van der Waals surface area contributed by atoms with Crippen LogP contribution in [0.2, 0.25) is 0 Å². The molecule has 1 aliphatic heterocycles. The summed E-state index contributed by atoms with van der Waals surface area (Å²) in [7, 11) is 0. The monoisotopic (exact) mass is 226 g/mol. The summed E-state index contributed by atoms with van der Waals surface area (Å²) in [4.78, 5) is 0. The minimum Gasteiger partial charge on any atom is -0.508 e. The Kier molecular flexibility index (Phi) is 3.19. The zero-order valence-electron chi connectivity index (χ0n) is 8.58. The minimum atomic E-state index is -1.12. The molecule has 1 aromatic rings. The van der Waals surface area contributed by atoms with Crippen LogP contribution >= 0.6 is 11.8 Å². The molecule has 1 saturated heterocycles. The number of thioether (sulfide) groups is 1. The molecule has 1 aromatic carbocycles. The van der Waals surface area contributed by atoms with E-state index in [9.17, 15) is 9.50 Å². The van der Waals surface area contributed by atoms with Crippen LogP contribution in [0.4, 0.5) is 4.39 Å². The summed E-state index contributed by atoms with van der Waals surface area (Å²) in [6, 6.07) is 7.03. The van der Waals surface area contributed by atoms with Gasteiger partial charge in [0.15, 0.2) is 0 Å². The lowest BCUT2D eigenvalue weighted by molar-refractivity contribution is 0.174. The Balaban J connectivity index is 2.10. The maximum absolute atomic E-state index is 14.3. The first-order valence-corrected chi connectivity index (χ1v) is 6.39. The number of aromatic hydroxyl groups is 1. The van der Waals surface area contributed by atoms with Gasteiger partial charge in [-0.1, -0.05) is 18.2 Å². The van der Waals surface area contributed by atoms with Gasteiger partial charge in [-0.25, -0.2) is 4.39 Å². The van der Waals surface area contributed by atoms with Crippen molar-refractivity contribution in [2.75, 3.05) is 11.5 Å². The lowest BCUT2D eigenvalue weighted by atomic mass is 9.93. The first kappa shape index (κ1) is 10.8. The van der Waals surface area contributed by atoms with Gasteiger partial charge in [0, 0.05) is 12.2 Å². The lowest BCUT2D eigenvalue weighted by Gasteiger charge is -2.29. The Morgan fingerprint density at radius 1 is 1.40 bits per heavy atom. The Labute approximate surface area is 93.7 Å². The van der Waals surface area contributed by atoms with Gasteiger partial charge in [0.1, 0.15) is 11.4 Å². The highest BCUT2D eigenvalue weighted by atomic mass is 32.2. The summed E-state index contributed by atoms with van der Waals surface area (Å²) in [5, 5.41) is 9.58. The molecule has 0 spiro atoms. The maximum atomic E-state index is 14.3. The van der Waals surface area contributed by atoms with Crippen molar-refractivity contribution in [3.63, 3.8) is 0 Å². The molecule has 0 aliphatic carbocycles. The van der Waals surface area contributed by atoms with E-state index >= 15 is 0 Å². The van der Waals surface area contributed by atoms with Crippen molar-refractivity contribution in [3.8, 4) is 5.75 Å². The standard InChI is InChI=1S/C12H15FOS/c13-12(6-3-7-15-9-12)8-10-4-1-2-5-11(10)14/h1-2,4-5,14H,3,6-9H2. The lowest BCUT2D eigenvalue weighted by Crippen LogP contribution is -2.32. The van der Waals surface area contributed by atoms with Crippen molar-refractivity contribution in [1.82, 2.24) is 0 Å². The van der Waals surface area contributed by atoms with Gasteiger partial charge in [-0.05, 0) is 30.2 Å². The molecule has 0 amide bonds. The minimum absolute atomic E-state index is 0.213. The molecule has 15 heavy (non-hydrogen) atoms. The van der Waals surface area contributed by atoms with Crippen molar-refractivity contribution in [3.05, 3.63) is 29.8 Å². The van der Waals surface area contributed by atoms with Gasteiger partial charge in [0.05, 0.1) is 0 Å². The molecule has 0 saturated carbocycles. The van der Waals surface area contributed by atoms with Crippen LogP contribution in [0, 0.1) is 0 Å². The average Bonchev–Trinajstić information content (AvgIpc) is 2.22. The molecular weight excluding hydrogens is 211 g/mol. The molecule has 0 bridgehead atoms. The first-order valence-electron chi connectivity index (χ1n) is 5.23. The largest absolute Gasteiger partial charge is 0.508 e. The van der Waals surface area contributed by atoms with Gasteiger partial charge in [0.25, 0.3) is 0 Å². The van der Waals surface area contributed by atoms with Gasteiger partial charge < -0.3 is 5.11 Å². The van der Waals surface area contributed by atoms with Gasteiger partial charge in [-0.3, -0.25) is 0 Å². The van der Waals surface area contributed by atoms with Gasteiger partial charge >= 0.3 is 0 Å². The topological polar surface area (TPSA) is 20.2 Å². The number of phenolic OH excluding ortho intramolecular Hbond substituents is 1. The van der Waals surface area contributed by atoms with Crippen molar-refractivity contribution in [2.45, 2.75) is 24.9 Å². The summed E-state index contributed by atoms with van der Waals surface area (Å²) in [5.41, 5.74) is -0.399. The molecular formula is C12H15FOS. The van der Waals surface area contributed by atoms with E-state index < -0.39 is 5.67 Å². The van der Waals surface area contributed by atoms with E-state index in [2.05, 4.69) is 0 Å². The Hall–Kier alpha value is -0.700. The van der Waals surface area contributed by atoms with E-state index in [-0.39, 0.29) is 5.75 Å². The van der Waals surface area contributed by atoms with Crippen LogP contribution in [0.3, 0.4) is 0 Å². The zero-order chi connectivity index (χ0) is 10.7. The molecule has 1 atom stereocenters. The first-order chi connectivity index (χ1) is 7.20. The smallest absolute Gasteiger partial charge is 0.124 e. The van der Waals surface area contributed by atoms with Gasteiger partial charge in [-0.15, -0.1) is 0 Å². The van der Waals surface area contributed by atoms with Crippen molar-refractivity contribution < 1.29 is 9.50 Å². The van der Waals surface area contributed by atoms with Crippen LogP contribution in [-0.4, -0.2) is 22.3 Å². The highest BCUT2D eigenvalue weighted by Gasteiger charge is 2.32. The van der Waals surface area contributed by atoms with Crippen LogP contribution in [0.25, 0.3) is 0 Å². The van der Waals surface area contributed by atoms with Crippen LogP contribution in [0.15, 0.2) is 24.3 Å². The predicted molar refractivity (Wildman–Crippen MR) is 62.2 cm³/mol. The van der Waals surface area contributed by atoms with E-state index in [4.69, 9.17) is 0 Å². The molecule has 3 heteroatoms. The maximum Gasteiger partial charge on any atom is 0.124 e. The molecule has 0 aromatic heterocycles. The fraction of sp³-hybridized carbons (Fsp3) is 0.500. The highest BCUT2D eigenvalue weighted by molar-refractivity contribution is 7.99. The van der Waals surface area contributed by atoms with E-state index in [1.807, 2.05) is 6.07 Å². The van der Waals surface area contributed by atoms with E-state index in [1.54, 1.807) is 30.0 Å². The molecule has 2 rings (SSSR count). The third kappa shape index (κ3) is 2.65. The molecule has 0 radical (unpaired) electrons. The quantitative estimate of drug-likeness (QED) is 0.836. The van der Waals surface area contributed by atoms with Crippen LogP contribution in [0.5, 0.6) is 5.75 Å². The van der Waals surface area contributed by atoms with Gasteiger partial charge in [0.2, 0.25) is 0 Å². The molecule has 1 fully saturated rings. The summed E-state index contributed by atoms with van der Waals surface area (Å²) in [6.45, 7) is 0. The number of phenols is 1.